The Morgan fingerprint density at radius 1 is 0.914 bits per heavy atom. The van der Waals surface area contributed by atoms with E-state index in [0.29, 0.717) is 24.4 Å². The summed E-state index contributed by atoms with van der Waals surface area (Å²) in [5, 5.41) is 0. The summed E-state index contributed by atoms with van der Waals surface area (Å²) < 4.78 is 26.7. The summed E-state index contributed by atoms with van der Waals surface area (Å²) in [5.41, 5.74) is -0.252. The summed E-state index contributed by atoms with van der Waals surface area (Å²) in [7, 11) is 0. The molecule has 0 aromatic heterocycles. The fraction of sp³-hybridized carbons (Fsp3) is 0.967. The molecule has 198 valence electrons. The SMILES string of the molecule is CCC1OC(CC)C2C3OC(C(COC4(CC)CC5CCC4C5)C3C(=O)OC3(CC)CCCC3)C12. The lowest BCUT2D eigenvalue weighted by Gasteiger charge is -2.41. The fourth-order valence-electron chi connectivity index (χ4n) is 9.72. The van der Waals surface area contributed by atoms with Crippen LogP contribution in [0.15, 0.2) is 0 Å². The highest BCUT2D eigenvalue weighted by Gasteiger charge is 2.68. The minimum atomic E-state index is -0.263. The second kappa shape index (κ2) is 9.27. The highest BCUT2D eigenvalue weighted by atomic mass is 16.6. The van der Waals surface area contributed by atoms with Crippen molar-refractivity contribution in [1.29, 1.82) is 0 Å². The van der Waals surface area contributed by atoms with Crippen LogP contribution in [0.1, 0.15) is 105 Å². The van der Waals surface area contributed by atoms with E-state index in [-0.39, 0.29) is 53.4 Å². The average molecular weight is 489 g/mol. The first-order valence-electron chi connectivity index (χ1n) is 15.2. The van der Waals surface area contributed by atoms with Gasteiger partial charge in [0.25, 0.3) is 0 Å². The highest BCUT2D eigenvalue weighted by molar-refractivity contribution is 5.75. The molecule has 3 saturated heterocycles. The van der Waals surface area contributed by atoms with Crippen LogP contribution in [0, 0.1) is 35.5 Å². The zero-order valence-corrected chi connectivity index (χ0v) is 22.5. The summed E-state index contributed by atoms with van der Waals surface area (Å²) in [6.07, 6.45) is 13.9. The molecule has 6 aliphatic rings. The lowest BCUT2D eigenvalue weighted by Crippen LogP contribution is -2.50. The lowest BCUT2D eigenvalue weighted by molar-refractivity contribution is -0.172. The Hall–Kier alpha value is -0.650. The standard InChI is InChI=1S/C30H48O5/c1-5-21-24-25(22(6-2)33-21)27-23(28(31)35-29(7-3)13-9-10-14-29)20(26(24)34-27)17-32-30(8-4)16-18-11-12-19(30)15-18/h18-27H,5-17H2,1-4H3. The maximum atomic E-state index is 14.0. The molecule has 6 rings (SSSR count). The van der Waals surface area contributed by atoms with E-state index in [9.17, 15) is 4.79 Å². The Labute approximate surface area is 212 Å². The quantitative estimate of drug-likeness (QED) is 0.369. The smallest absolute Gasteiger partial charge is 0.312 e. The van der Waals surface area contributed by atoms with Crippen molar-refractivity contribution in [1.82, 2.24) is 0 Å². The predicted molar refractivity (Wildman–Crippen MR) is 134 cm³/mol. The Morgan fingerprint density at radius 3 is 2.20 bits per heavy atom. The van der Waals surface area contributed by atoms with Gasteiger partial charge < -0.3 is 18.9 Å². The van der Waals surface area contributed by atoms with E-state index in [1.807, 2.05) is 0 Å². The van der Waals surface area contributed by atoms with E-state index < -0.39 is 0 Å². The molecule has 11 unspecified atom stereocenters. The van der Waals surface area contributed by atoms with E-state index in [2.05, 4.69) is 27.7 Å². The van der Waals surface area contributed by atoms with Gasteiger partial charge in [0.05, 0.1) is 42.5 Å². The van der Waals surface area contributed by atoms with Gasteiger partial charge in [0.1, 0.15) is 5.60 Å². The van der Waals surface area contributed by atoms with Crippen LogP contribution < -0.4 is 0 Å². The molecular formula is C30H48O5. The van der Waals surface area contributed by atoms with Crippen LogP contribution in [0.25, 0.3) is 0 Å². The van der Waals surface area contributed by atoms with Gasteiger partial charge >= 0.3 is 5.97 Å². The average Bonchev–Trinajstić information content (AvgIpc) is 3.70. The first kappa shape index (κ1) is 24.7. The zero-order valence-electron chi connectivity index (χ0n) is 22.5. The van der Waals surface area contributed by atoms with Gasteiger partial charge in [-0.25, -0.2) is 0 Å². The first-order valence-corrected chi connectivity index (χ1v) is 15.2. The number of hydrogen-bond acceptors (Lipinski definition) is 5. The van der Waals surface area contributed by atoms with Crippen molar-refractivity contribution < 1.29 is 23.7 Å². The van der Waals surface area contributed by atoms with E-state index >= 15 is 0 Å². The normalized spacial score (nSPS) is 49.1. The van der Waals surface area contributed by atoms with Crippen molar-refractivity contribution in [3.63, 3.8) is 0 Å². The maximum Gasteiger partial charge on any atom is 0.312 e. The van der Waals surface area contributed by atoms with Crippen LogP contribution >= 0.6 is 0 Å². The second-order valence-electron chi connectivity index (χ2n) is 12.9. The molecule has 3 heterocycles. The molecule has 0 aromatic carbocycles. The van der Waals surface area contributed by atoms with E-state index in [1.54, 1.807) is 0 Å². The molecule has 35 heavy (non-hydrogen) atoms. The van der Waals surface area contributed by atoms with Gasteiger partial charge in [-0.15, -0.1) is 0 Å². The highest BCUT2D eigenvalue weighted by Crippen LogP contribution is 2.59. The number of ether oxygens (including phenoxy) is 4. The van der Waals surface area contributed by atoms with Crippen LogP contribution in [-0.4, -0.2) is 48.2 Å². The first-order chi connectivity index (χ1) is 17.0. The lowest BCUT2D eigenvalue weighted by atomic mass is 9.65. The molecule has 3 aliphatic heterocycles. The number of carbonyl (C=O) groups excluding carboxylic acids is 1. The van der Waals surface area contributed by atoms with Gasteiger partial charge in [-0.2, -0.15) is 0 Å². The minimum Gasteiger partial charge on any atom is -0.459 e. The Balaban J connectivity index is 1.26. The van der Waals surface area contributed by atoms with Crippen LogP contribution in [0.2, 0.25) is 0 Å². The summed E-state index contributed by atoms with van der Waals surface area (Å²) >= 11 is 0. The Morgan fingerprint density at radius 2 is 1.63 bits per heavy atom. The van der Waals surface area contributed by atoms with Gasteiger partial charge in [0, 0.05) is 17.8 Å². The van der Waals surface area contributed by atoms with Crippen molar-refractivity contribution >= 4 is 5.97 Å². The van der Waals surface area contributed by atoms with Crippen molar-refractivity contribution in [3.05, 3.63) is 0 Å². The van der Waals surface area contributed by atoms with Crippen LogP contribution in [0.3, 0.4) is 0 Å². The Kier molecular flexibility index (Phi) is 6.54. The van der Waals surface area contributed by atoms with E-state index in [4.69, 9.17) is 18.9 Å². The molecule has 11 atom stereocenters. The third-order valence-electron chi connectivity index (χ3n) is 11.6. The van der Waals surface area contributed by atoms with Gasteiger partial charge in [0.2, 0.25) is 0 Å². The van der Waals surface area contributed by atoms with Gasteiger partial charge in [0.15, 0.2) is 0 Å². The number of hydrogen-bond donors (Lipinski definition) is 0. The predicted octanol–water partition coefficient (Wildman–Crippen LogP) is 6.07. The zero-order chi connectivity index (χ0) is 24.4. The fourth-order valence-corrected chi connectivity index (χ4v) is 9.72. The van der Waals surface area contributed by atoms with Crippen LogP contribution in [-0.2, 0) is 23.7 Å². The van der Waals surface area contributed by atoms with Crippen molar-refractivity contribution in [2.45, 2.75) is 140 Å². The summed E-state index contributed by atoms with van der Waals surface area (Å²) in [6.45, 7) is 9.55. The molecule has 4 bridgehead atoms. The van der Waals surface area contributed by atoms with Gasteiger partial charge in [-0.1, -0.05) is 27.7 Å². The molecule has 0 N–H and O–H groups in total. The molecule has 6 fully saturated rings. The maximum absolute atomic E-state index is 14.0. The van der Waals surface area contributed by atoms with Crippen molar-refractivity contribution in [2.75, 3.05) is 6.61 Å². The summed E-state index contributed by atoms with van der Waals surface area (Å²) in [6, 6.07) is 0. The largest absolute Gasteiger partial charge is 0.459 e. The second-order valence-corrected chi connectivity index (χ2v) is 12.9. The van der Waals surface area contributed by atoms with Crippen LogP contribution in [0.4, 0.5) is 0 Å². The monoisotopic (exact) mass is 488 g/mol. The molecule has 3 aliphatic carbocycles. The minimum absolute atomic E-state index is 0.0109. The molecule has 5 heteroatoms. The van der Waals surface area contributed by atoms with E-state index in [0.717, 1.165) is 57.3 Å². The number of rotatable bonds is 9. The third-order valence-corrected chi connectivity index (χ3v) is 11.6. The molecule has 0 amide bonds. The molecule has 5 nitrogen and oxygen atoms in total. The third kappa shape index (κ3) is 3.76. The number of fused-ring (bicyclic) bond motifs is 7. The van der Waals surface area contributed by atoms with Gasteiger partial charge in [-0.05, 0) is 88.9 Å². The molecule has 3 saturated carbocycles. The molecule has 0 radical (unpaired) electrons. The molecule has 0 aromatic rings. The van der Waals surface area contributed by atoms with Gasteiger partial charge in [-0.3, -0.25) is 4.79 Å². The number of carbonyl (C=O) groups is 1. The summed E-state index contributed by atoms with van der Waals surface area (Å²) in [5.74, 6) is 2.09. The molecule has 0 spiro atoms. The number of esters is 1. The van der Waals surface area contributed by atoms with Crippen LogP contribution in [0.5, 0.6) is 0 Å². The van der Waals surface area contributed by atoms with Crippen molar-refractivity contribution in [3.8, 4) is 0 Å². The van der Waals surface area contributed by atoms with E-state index in [1.165, 1.54) is 25.7 Å². The van der Waals surface area contributed by atoms with Crippen molar-refractivity contribution in [2.24, 2.45) is 35.5 Å². The summed E-state index contributed by atoms with van der Waals surface area (Å²) in [4.78, 5) is 14.0. The molecular weight excluding hydrogens is 440 g/mol. The Bertz CT molecular complexity index is 792. The topological polar surface area (TPSA) is 54.0 Å².